The van der Waals surface area contributed by atoms with Crippen molar-refractivity contribution in [2.24, 2.45) is 22.1 Å². The number of hydrogen-bond acceptors (Lipinski definition) is 4. The number of rotatable bonds is 5. The zero-order valence-electron chi connectivity index (χ0n) is 16.1. The van der Waals surface area contributed by atoms with E-state index < -0.39 is 28.8 Å². The van der Waals surface area contributed by atoms with Crippen LogP contribution in [0.3, 0.4) is 0 Å². The number of ketones is 1. The first-order valence-corrected chi connectivity index (χ1v) is 9.28. The van der Waals surface area contributed by atoms with E-state index in [0.717, 1.165) is 0 Å². The molecule has 0 aromatic heterocycles. The highest BCUT2D eigenvalue weighted by Gasteiger charge is 2.67. The first kappa shape index (κ1) is 20.4. The molecule has 1 saturated carbocycles. The molecule has 28 heavy (non-hydrogen) atoms. The van der Waals surface area contributed by atoms with E-state index in [4.69, 9.17) is 5.73 Å². The van der Waals surface area contributed by atoms with Crippen LogP contribution in [0.5, 0.6) is 0 Å². The molecule has 0 unspecified atom stereocenters. The van der Waals surface area contributed by atoms with Crippen LogP contribution in [0.4, 0.5) is 13.2 Å². The van der Waals surface area contributed by atoms with Crippen LogP contribution in [0.15, 0.2) is 29.3 Å². The predicted octanol–water partition coefficient (Wildman–Crippen LogP) is 3.17. The van der Waals surface area contributed by atoms with Crippen molar-refractivity contribution in [1.29, 1.82) is 0 Å². The number of alkyl halides is 3. The Bertz CT molecular complexity index is 845. The quantitative estimate of drug-likeness (QED) is 0.832. The number of Topliss-reactive ketones (excluding diaryl/α,β-unsaturated/α-hetero) is 1. The molecule has 2 aliphatic rings. The molecule has 1 aliphatic heterocycles. The Balaban J connectivity index is 1.93. The van der Waals surface area contributed by atoms with E-state index in [1.165, 1.54) is 4.90 Å². The summed E-state index contributed by atoms with van der Waals surface area (Å²) in [5.74, 6) is -1.34. The molecule has 8 heteroatoms. The fraction of sp³-hybridized carbons (Fsp3) is 0.550. The van der Waals surface area contributed by atoms with Gasteiger partial charge in [0.1, 0.15) is 5.41 Å². The lowest BCUT2D eigenvalue weighted by Gasteiger charge is -2.40. The van der Waals surface area contributed by atoms with Crippen molar-refractivity contribution in [3.63, 3.8) is 0 Å². The molecule has 5 nitrogen and oxygen atoms in total. The van der Waals surface area contributed by atoms with Crippen LogP contribution >= 0.6 is 0 Å². The maximum atomic E-state index is 13.2. The third-order valence-electron chi connectivity index (χ3n) is 6.11. The minimum absolute atomic E-state index is 0.0904. The molecule has 152 valence electrons. The highest BCUT2D eigenvalue weighted by molar-refractivity contribution is 6.00. The Morgan fingerprint density at radius 2 is 2.00 bits per heavy atom. The van der Waals surface area contributed by atoms with Gasteiger partial charge in [0.2, 0.25) is 5.91 Å². The van der Waals surface area contributed by atoms with Crippen LogP contribution in [0.25, 0.3) is 0 Å². The second kappa shape index (κ2) is 6.60. The van der Waals surface area contributed by atoms with Gasteiger partial charge >= 0.3 is 6.18 Å². The number of benzene rings is 1. The lowest BCUT2D eigenvalue weighted by molar-refractivity contribution is -0.190. The lowest BCUT2D eigenvalue weighted by Crippen LogP contribution is -2.53. The predicted molar refractivity (Wildman–Crippen MR) is 98.4 cm³/mol. The maximum absolute atomic E-state index is 13.2. The van der Waals surface area contributed by atoms with Crippen molar-refractivity contribution in [3.8, 4) is 0 Å². The molecule has 0 radical (unpaired) electrons. The SMILES string of the molecule is CC[C@H]1C(=O)N(C)C(N)=N[C@]1(C)c1cccc(CC(=O)C2(C(F)(F)F)CC2)c1. The molecule has 2 atom stereocenters. The fourth-order valence-electron chi connectivity index (χ4n) is 4.01. The van der Waals surface area contributed by atoms with E-state index in [1.54, 1.807) is 38.2 Å². The Morgan fingerprint density at radius 3 is 2.54 bits per heavy atom. The third kappa shape index (κ3) is 3.08. The maximum Gasteiger partial charge on any atom is 0.401 e. The highest BCUT2D eigenvalue weighted by Crippen LogP contribution is 2.58. The Kier molecular flexibility index (Phi) is 4.80. The standard InChI is InChI=1S/C20H24F3N3O2/c1-4-14-16(28)26(3)17(24)25-18(14,2)13-7-5-6-12(10-13)11-15(27)19(8-9-19)20(21,22)23/h5-7,10,14H,4,8-9,11H2,1-3H3,(H2,24,25)/t14-,18+/m0/s1. The first-order chi connectivity index (χ1) is 13.0. The van der Waals surface area contributed by atoms with Gasteiger partial charge in [-0.3, -0.25) is 14.5 Å². The van der Waals surface area contributed by atoms with Gasteiger partial charge in [-0.25, -0.2) is 4.99 Å². The summed E-state index contributed by atoms with van der Waals surface area (Å²) in [6.45, 7) is 3.66. The van der Waals surface area contributed by atoms with Crippen molar-refractivity contribution < 1.29 is 22.8 Å². The number of carbonyl (C=O) groups is 2. The molecule has 1 aromatic carbocycles. The smallest absolute Gasteiger partial charge is 0.369 e. The average molecular weight is 395 g/mol. The van der Waals surface area contributed by atoms with Crippen LogP contribution in [0.2, 0.25) is 0 Å². The Hall–Kier alpha value is -2.38. The Morgan fingerprint density at radius 1 is 1.36 bits per heavy atom. The van der Waals surface area contributed by atoms with Crippen molar-refractivity contribution in [2.75, 3.05) is 7.05 Å². The molecule has 0 bridgehead atoms. The molecule has 1 fully saturated rings. The normalized spacial score (nSPS) is 26.8. The van der Waals surface area contributed by atoms with E-state index in [0.29, 0.717) is 17.5 Å². The summed E-state index contributed by atoms with van der Waals surface area (Å²) in [5, 5.41) is 0. The van der Waals surface area contributed by atoms with Gasteiger partial charge in [-0.05, 0) is 37.3 Å². The van der Waals surface area contributed by atoms with Crippen LogP contribution in [-0.4, -0.2) is 35.8 Å². The van der Waals surface area contributed by atoms with Gasteiger partial charge < -0.3 is 5.73 Å². The molecule has 1 aromatic rings. The highest BCUT2D eigenvalue weighted by atomic mass is 19.4. The third-order valence-corrected chi connectivity index (χ3v) is 6.11. The van der Waals surface area contributed by atoms with Crippen molar-refractivity contribution >= 4 is 17.6 Å². The van der Waals surface area contributed by atoms with Gasteiger partial charge in [0.15, 0.2) is 11.7 Å². The van der Waals surface area contributed by atoms with Gasteiger partial charge in [-0.1, -0.05) is 31.2 Å². The number of guanidine groups is 1. The van der Waals surface area contributed by atoms with Gasteiger partial charge in [-0.2, -0.15) is 13.2 Å². The molecule has 2 N–H and O–H groups in total. The molecule has 0 saturated heterocycles. The summed E-state index contributed by atoms with van der Waals surface area (Å²) in [6.07, 6.45) is -4.58. The largest absolute Gasteiger partial charge is 0.401 e. The molecular formula is C20H24F3N3O2. The number of nitrogens with zero attached hydrogens (tertiary/aromatic N) is 2. The monoisotopic (exact) mass is 395 g/mol. The van der Waals surface area contributed by atoms with Gasteiger partial charge in [0.05, 0.1) is 11.5 Å². The van der Waals surface area contributed by atoms with Gasteiger partial charge in [0.25, 0.3) is 0 Å². The van der Waals surface area contributed by atoms with Crippen molar-refractivity contribution in [1.82, 2.24) is 4.90 Å². The molecule has 3 rings (SSSR count). The number of amides is 1. The summed E-state index contributed by atoms with van der Waals surface area (Å²) in [7, 11) is 1.56. The van der Waals surface area contributed by atoms with Gasteiger partial charge in [-0.15, -0.1) is 0 Å². The minimum atomic E-state index is -4.51. The summed E-state index contributed by atoms with van der Waals surface area (Å²) >= 11 is 0. The molecule has 1 heterocycles. The summed E-state index contributed by atoms with van der Waals surface area (Å²) in [6, 6.07) is 6.74. The van der Waals surface area contributed by atoms with E-state index in [9.17, 15) is 22.8 Å². The topological polar surface area (TPSA) is 75.8 Å². The van der Waals surface area contributed by atoms with Gasteiger partial charge in [0, 0.05) is 13.5 Å². The molecule has 0 spiro atoms. The minimum Gasteiger partial charge on any atom is -0.369 e. The lowest BCUT2D eigenvalue weighted by atomic mass is 9.76. The molecule has 1 aliphatic carbocycles. The van der Waals surface area contributed by atoms with Crippen molar-refractivity contribution in [3.05, 3.63) is 35.4 Å². The second-order valence-electron chi connectivity index (χ2n) is 7.86. The summed E-state index contributed by atoms with van der Waals surface area (Å²) in [5.41, 5.74) is 3.91. The number of carbonyl (C=O) groups excluding carboxylic acids is 2. The fourth-order valence-corrected chi connectivity index (χ4v) is 4.01. The van der Waals surface area contributed by atoms with E-state index in [2.05, 4.69) is 4.99 Å². The first-order valence-electron chi connectivity index (χ1n) is 9.28. The molecular weight excluding hydrogens is 371 g/mol. The molecule has 1 amide bonds. The zero-order chi connectivity index (χ0) is 20.9. The van der Waals surface area contributed by atoms with Crippen LogP contribution in [0, 0.1) is 11.3 Å². The Labute approximate surface area is 161 Å². The number of hydrogen-bond donors (Lipinski definition) is 1. The van der Waals surface area contributed by atoms with E-state index in [-0.39, 0.29) is 31.1 Å². The average Bonchev–Trinajstić information content (AvgIpc) is 3.42. The van der Waals surface area contributed by atoms with E-state index >= 15 is 0 Å². The second-order valence-corrected chi connectivity index (χ2v) is 7.86. The number of aliphatic imine (C=N–C) groups is 1. The number of halogens is 3. The van der Waals surface area contributed by atoms with Crippen molar-refractivity contribution in [2.45, 2.75) is 51.2 Å². The van der Waals surface area contributed by atoms with E-state index in [1.807, 2.05) is 6.92 Å². The summed E-state index contributed by atoms with van der Waals surface area (Å²) < 4.78 is 39.6. The zero-order valence-corrected chi connectivity index (χ0v) is 16.1. The summed E-state index contributed by atoms with van der Waals surface area (Å²) in [4.78, 5) is 30.8. The number of nitrogens with two attached hydrogens (primary N) is 1. The van der Waals surface area contributed by atoms with Crippen LogP contribution in [-0.2, 0) is 21.5 Å². The van der Waals surface area contributed by atoms with Crippen LogP contribution < -0.4 is 5.73 Å². The van der Waals surface area contributed by atoms with Crippen LogP contribution in [0.1, 0.15) is 44.2 Å².